The van der Waals surface area contributed by atoms with Gasteiger partial charge in [0.15, 0.2) is 0 Å². The number of hydrogen-bond acceptors (Lipinski definition) is 3. The summed E-state index contributed by atoms with van der Waals surface area (Å²) in [6, 6.07) is 3.71. The summed E-state index contributed by atoms with van der Waals surface area (Å²) in [6.45, 7) is 0. The lowest BCUT2D eigenvalue weighted by atomic mass is 10.0. The fourth-order valence-corrected chi connectivity index (χ4v) is 2.17. The topological polar surface area (TPSA) is 49.9 Å². The summed E-state index contributed by atoms with van der Waals surface area (Å²) in [5, 5.41) is 11.0. The Morgan fingerprint density at radius 1 is 1.44 bits per heavy atom. The van der Waals surface area contributed by atoms with E-state index in [2.05, 4.69) is 15.5 Å². The van der Waals surface area contributed by atoms with E-state index in [-0.39, 0.29) is 0 Å². The summed E-state index contributed by atoms with van der Waals surface area (Å²) in [5.74, 6) is 0.797. The van der Waals surface area contributed by atoms with E-state index >= 15 is 0 Å². The van der Waals surface area contributed by atoms with E-state index in [1.54, 1.807) is 13.3 Å². The molecule has 5 heteroatoms. The molecule has 0 saturated heterocycles. The molecule has 3 rings (SSSR count). The highest BCUT2D eigenvalue weighted by molar-refractivity contribution is 6.32. The van der Waals surface area contributed by atoms with Crippen molar-refractivity contribution < 1.29 is 4.74 Å². The van der Waals surface area contributed by atoms with Gasteiger partial charge in [-0.3, -0.25) is 5.10 Å². The Morgan fingerprint density at radius 2 is 2.31 bits per heavy atom. The predicted molar refractivity (Wildman–Crippen MR) is 62.7 cm³/mol. The third kappa shape index (κ3) is 1.27. The molecular weight excluding hydrogens is 226 g/mol. The summed E-state index contributed by atoms with van der Waals surface area (Å²) in [4.78, 5) is 0. The number of nitrogens with one attached hydrogen (secondary N) is 2. The molecule has 0 unspecified atom stereocenters. The molecular formula is C11H10ClN3O. The van der Waals surface area contributed by atoms with Crippen LogP contribution in [0.4, 0.5) is 11.4 Å². The van der Waals surface area contributed by atoms with E-state index in [9.17, 15) is 0 Å². The highest BCUT2D eigenvalue weighted by Crippen LogP contribution is 2.41. The number of aromatic nitrogens is 2. The van der Waals surface area contributed by atoms with Gasteiger partial charge in [-0.15, -0.1) is 0 Å². The first kappa shape index (κ1) is 9.54. The first-order chi connectivity index (χ1) is 7.79. The minimum atomic E-state index is 0.739. The molecule has 16 heavy (non-hydrogen) atoms. The molecule has 1 aromatic carbocycles. The average molecular weight is 236 g/mol. The number of nitrogens with zero attached hydrogens (tertiary/aromatic N) is 1. The van der Waals surface area contributed by atoms with Crippen LogP contribution in [0.5, 0.6) is 5.75 Å². The Morgan fingerprint density at radius 3 is 3.12 bits per heavy atom. The van der Waals surface area contributed by atoms with Gasteiger partial charge in [-0.05, 0) is 12.1 Å². The van der Waals surface area contributed by atoms with Gasteiger partial charge < -0.3 is 10.1 Å². The van der Waals surface area contributed by atoms with Crippen LogP contribution in [0, 0.1) is 0 Å². The van der Waals surface area contributed by atoms with E-state index in [0.29, 0.717) is 0 Å². The minimum Gasteiger partial charge on any atom is -0.495 e. The quantitative estimate of drug-likeness (QED) is 0.682. The van der Waals surface area contributed by atoms with Crippen LogP contribution in [0.15, 0.2) is 18.3 Å². The molecule has 0 amide bonds. The van der Waals surface area contributed by atoms with Crippen LogP contribution in [-0.4, -0.2) is 17.3 Å². The van der Waals surface area contributed by atoms with Crippen LogP contribution < -0.4 is 10.1 Å². The predicted octanol–water partition coefficient (Wildman–Crippen LogP) is 2.72. The Balaban J connectivity index is 2.17. The largest absolute Gasteiger partial charge is 0.495 e. The Labute approximate surface area is 97.6 Å². The van der Waals surface area contributed by atoms with Gasteiger partial charge in [0.1, 0.15) is 5.75 Å². The smallest absolute Gasteiger partial charge is 0.142 e. The molecule has 0 saturated carbocycles. The SMILES string of the molecule is COc1ccc(Cl)c2c1Nc1cn[nH]c1C2. The molecule has 4 nitrogen and oxygen atoms in total. The second-order valence-electron chi connectivity index (χ2n) is 3.67. The molecule has 0 bridgehead atoms. The van der Waals surface area contributed by atoms with Gasteiger partial charge in [-0.25, -0.2) is 0 Å². The van der Waals surface area contributed by atoms with Gasteiger partial charge in [-0.2, -0.15) is 5.10 Å². The third-order valence-electron chi connectivity index (χ3n) is 2.77. The van der Waals surface area contributed by atoms with Crippen LogP contribution in [0.2, 0.25) is 5.02 Å². The first-order valence-corrected chi connectivity index (χ1v) is 5.32. The lowest BCUT2D eigenvalue weighted by molar-refractivity contribution is 0.416. The zero-order chi connectivity index (χ0) is 11.1. The fraction of sp³-hybridized carbons (Fsp3) is 0.182. The monoisotopic (exact) mass is 235 g/mol. The molecule has 82 valence electrons. The maximum atomic E-state index is 6.17. The molecule has 2 N–H and O–H groups in total. The molecule has 0 atom stereocenters. The molecule has 2 aromatic rings. The Kier molecular flexibility index (Phi) is 2.04. The van der Waals surface area contributed by atoms with Crippen molar-refractivity contribution in [1.29, 1.82) is 0 Å². The van der Waals surface area contributed by atoms with Gasteiger partial charge in [0.05, 0.1) is 30.4 Å². The zero-order valence-electron chi connectivity index (χ0n) is 8.67. The highest BCUT2D eigenvalue weighted by atomic mass is 35.5. The van der Waals surface area contributed by atoms with E-state index < -0.39 is 0 Å². The number of benzene rings is 1. The number of fused-ring (bicyclic) bond motifs is 2. The highest BCUT2D eigenvalue weighted by Gasteiger charge is 2.21. The molecule has 0 fully saturated rings. The van der Waals surface area contributed by atoms with Crippen molar-refractivity contribution in [3.05, 3.63) is 34.6 Å². The lowest BCUT2D eigenvalue weighted by Gasteiger charge is -2.21. The van der Waals surface area contributed by atoms with Gasteiger partial charge >= 0.3 is 0 Å². The van der Waals surface area contributed by atoms with Crippen molar-refractivity contribution in [3.63, 3.8) is 0 Å². The normalized spacial score (nSPS) is 12.6. The standard InChI is InChI=1S/C11H10ClN3O/c1-16-10-3-2-7(12)6-4-8-9(5-13-15-8)14-11(6)10/h2-3,5,14H,4H2,1H3,(H,13,15). The number of ether oxygens (including phenoxy) is 1. The van der Waals surface area contributed by atoms with Crippen LogP contribution in [0.3, 0.4) is 0 Å². The van der Waals surface area contributed by atoms with Crippen LogP contribution in [0.1, 0.15) is 11.3 Å². The number of anilines is 2. The number of halogens is 1. The van der Waals surface area contributed by atoms with Gasteiger partial charge in [0, 0.05) is 17.0 Å². The van der Waals surface area contributed by atoms with Crippen LogP contribution in [0.25, 0.3) is 0 Å². The van der Waals surface area contributed by atoms with Crippen molar-refractivity contribution in [2.24, 2.45) is 0 Å². The van der Waals surface area contributed by atoms with Crippen molar-refractivity contribution in [2.75, 3.05) is 12.4 Å². The summed E-state index contributed by atoms with van der Waals surface area (Å²) in [5.41, 5.74) is 4.00. The summed E-state index contributed by atoms with van der Waals surface area (Å²) in [6.07, 6.45) is 2.51. The van der Waals surface area contributed by atoms with Crippen LogP contribution >= 0.6 is 11.6 Å². The fourth-order valence-electron chi connectivity index (χ4n) is 1.95. The molecule has 0 spiro atoms. The molecule has 1 aliphatic rings. The summed E-state index contributed by atoms with van der Waals surface area (Å²) >= 11 is 6.17. The minimum absolute atomic E-state index is 0.739. The maximum absolute atomic E-state index is 6.17. The number of hydrogen-bond donors (Lipinski definition) is 2. The van der Waals surface area contributed by atoms with E-state index in [0.717, 1.165) is 39.8 Å². The number of H-pyrrole nitrogens is 1. The molecule has 0 radical (unpaired) electrons. The zero-order valence-corrected chi connectivity index (χ0v) is 9.43. The van der Waals surface area contributed by atoms with Crippen molar-refractivity contribution in [1.82, 2.24) is 10.2 Å². The molecule has 1 aliphatic heterocycles. The summed E-state index contributed by atoms with van der Waals surface area (Å²) < 4.78 is 5.31. The lowest BCUT2D eigenvalue weighted by Crippen LogP contribution is -2.07. The van der Waals surface area contributed by atoms with Gasteiger partial charge in [-0.1, -0.05) is 11.6 Å². The molecule has 0 aliphatic carbocycles. The third-order valence-corrected chi connectivity index (χ3v) is 3.12. The number of rotatable bonds is 1. The van der Waals surface area contributed by atoms with Crippen molar-refractivity contribution in [3.8, 4) is 5.75 Å². The Bertz CT molecular complexity index is 550. The maximum Gasteiger partial charge on any atom is 0.142 e. The van der Waals surface area contributed by atoms with Crippen molar-refractivity contribution in [2.45, 2.75) is 6.42 Å². The second kappa shape index (κ2) is 3.42. The van der Waals surface area contributed by atoms with E-state index in [4.69, 9.17) is 16.3 Å². The van der Waals surface area contributed by atoms with Crippen molar-refractivity contribution >= 4 is 23.0 Å². The first-order valence-electron chi connectivity index (χ1n) is 4.94. The number of aromatic amines is 1. The van der Waals surface area contributed by atoms with Crippen LogP contribution in [-0.2, 0) is 6.42 Å². The second-order valence-corrected chi connectivity index (χ2v) is 4.07. The van der Waals surface area contributed by atoms with Gasteiger partial charge in [0.25, 0.3) is 0 Å². The van der Waals surface area contributed by atoms with E-state index in [1.165, 1.54) is 0 Å². The molecule has 1 aromatic heterocycles. The van der Waals surface area contributed by atoms with E-state index in [1.807, 2.05) is 12.1 Å². The van der Waals surface area contributed by atoms with Gasteiger partial charge in [0.2, 0.25) is 0 Å². The number of methoxy groups -OCH3 is 1. The summed E-state index contributed by atoms with van der Waals surface area (Å²) in [7, 11) is 1.65. The Hall–Kier alpha value is -1.68. The average Bonchev–Trinajstić information content (AvgIpc) is 2.75. The molecule has 2 heterocycles.